The summed E-state index contributed by atoms with van der Waals surface area (Å²) in [6.07, 6.45) is 2.03. The third-order valence-electron chi connectivity index (χ3n) is 3.35. The molecule has 0 spiro atoms. The number of aromatic nitrogens is 1. The van der Waals surface area contributed by atoms with Gasteiger partial charge in [0.05, 0.1) is 0 Å². The average molecular weight is 305 g/mol. The second-order valence-corrected chi connectivity index (χ2v) is 5.48. The van der Waals surface area contributed by atoms with E-state index >= 15 is 0 Å². The third kappa shape index (κ3) is 2.68. The number of hydrogen-bond donors (Lipinski definition) is 2. The first-order valence-corrected chi connectivity index (χ1v) is 7.20. The van der Waals surface area contributed by atoms with Crippen LogP contribution in [-0.4, -0.2) is 4.98 Å². The number of benzene rings is 2. The molecule has 0 unspecified atom stereocenters. The predicted molar refractivity (Wildman–Crippen MR) is 85.3 cm³/mol. The molecule has 0 atom stereocenters. The molecule has 102 valence electrons. The summed E-state index contributed by atoms with van der Waals surface area (Å²) in [6, 6.07) is 13.8. The van der Waals surface area contributed by atoms with E-state index < -0.39 is 0 Å². The smallest absolute Gasteiger partial charge is 0.0465 e. The van der Waals surface area contributed by atoms with Crippen molar-refractivity contribution >= 4 is 34.1 Å². The Balaban J connectivity index is 1.71. The van der Waals surface area contributed by atoms with Gasteiger partial charge in [-0.25, -0.2) is 0 Å². The summed E-state index contributed by atoms with van der Waals surface area (Å²) in [5.74, 6) is 0. The zero-order valence-corrected chi connectivity index (χ0v) is 12.3. The molecular weight excluding hydrogens is 291 g/mol. The van der Waals surface area contributed by atoms with Crippen LogP contribution in [-0.2, 0) is 13.1 Å². The summed E-state index contributed by atoms with van der Waals surface area (Å²) in [7, 11) is 0. The molecule has 2 N–H and O–H groups in total. The first-order chi connectivity index (χ1) is 9.75. The number of para-hydroxylation sites is 1. The van der Waals surface area contributed by atoms with Crippen molar-refractivity contribution in [3.8, 4) is 0 Å². The Kier molecular flexibility index (Phi) is 3.97. The van der Waals surface area contributed by atoms with Crippen LogP contribution >= 0.6 is 23.2 Å². The van der Waals surface area contributed by atoms with Gasteiger partial charge in [-0.2, -0.15) is 0 Å². The van der Waals surface area contributed by atoms with Crippen LogP contribution in [0.3, 0.4) is 0 Å². The van der Waals surface area contributed by atoms with Crippen LogP contribution in [0.25, 0.3) is 10.9 Å². The SMILES string of the molecule is Clc1cccc(Cl)c1CNCc1c[nH]c2ccccc12. The lowest BCUT2D eigenvalue weighted by Gasteiger charge is -2.08. The molecule has 0 aliphatic heterocycles. The molecule has 0 radical (unpaired) electrons. The zero-order valence-electron chi connectivity index (χ0n) is 10.8. The van der Waals surface area contributed by atoms with E-state index in [0.717, 1.165) is 17.6 Å². The number of nitrogens with one attached hydrogen (secondary N) is 2. The number of rotatable bonds is 4. The van der Waals surface area contributed by atoms with Gasteiger partial charge in [0, 0.05) is 45.8 Å². The first kappa shape index (κ1) is 13.5. The molecule has 0 saturated carbocycles. The summed E-state index contributed by atoms with van der Waals surface area (Å²) in [6.45, 7) is 1.42. The summed E-state index contributed by atoms with van der Waals surface area (Å²) < 4.78 is 0. The van der Waals surface area contributed by atoms with Gasteiger partial charge < -0.3 is 10.3 Å². The molecule has 0 aliphatic carbocycles. The molecule has 1 aromatic heterocycles. The lowest BCUT2D eigenvalue weighted by Crippen LogP contribution is -2.13. The number of fused-ring (bicyclic) bond motifs is 1. The summed E-state index contributed by atoms with van der Waals surface area (Å²) in [5.41, 5.74) is 3.33. The second kappa shape index (κ2) is 5.88. The fourth-order valence-electron chi connectivity index (χ4n) is 2.30. The number of halogens is 2. The molecule has 2 nitrogen and oxygen atoms in total. The van der Waals surface area contributed by atoms with Gasteiger partial charge in [0.25, 0.3) is 0 Å². The van der Waals surface area contributed by atoms with Gasteiger partial charge in [-0.15, -0.1) is 0 Å². The van der Waals surface area contributed by atoms with Crippen molar-refractivity contribution in [2.75, 3.05) is 0 Å². The van der Waals surface area contributed by atoms with Crippen LogP contribution in [0.4, 0.5) is 0 Å². The van der Waals surface area contributed by atoms with E-state index in [0.29, 0.717) is 16.6 Å². The van der Waals surface area contributed by atoms with E-state index in [9.17, 15) is 0 Å². The van der Waals surface area contributed by atoms with E-state index in [1.165, 1.54) is 10.9 Å². The van der Waals surface area contributed by atoms with Crippen molar-refractivity contribution in [2.45, 2.75) is 13.1 Å². The van der Waals surface area contributed by atoms with Gasteiger partial charge in [-0.3, -0.25) is 0 Å². The van der Waals surface area contributed by atoms with Gasteiger partial charge in [0.1, 0.15) is 0 Å². The summed E-state index contributed by atoms with van der Waals surface area (Å²) in [4.78, 5) is 3.27. The second-order valence-electron chi connectivity index (χ2n) is 4.66. The van der Waals surface area contributed by atoms with Crippen LogP contribution in [0, 0.1) is 0 Å². The van der Waals surface area contributed by atoms with Crippen molar-refractivity contribution < 1.29 is 0 Å². The molecule has 4 heteroatoms. The number of aromatic amines is 1. The molecular formula is C16H14Cl2N2. The van der Waals surface area contributed by atoms with Crippen LogP contribution in [0.15, 0.2) is 48.7 Å². The molecule has 0 bridgehead atoms. The summed E-state index contributed by atoms with van der Waals surface area (Å²) in [5, 5.41) is 6.03. The van der Waals surface area contributed by atoms with Gasteiger partial charge in [-0.1, -0.05) is 47.5 Å². The number of hydrogen-bond acceptors (Lipinski definition) is 1. The topological polar surface area (TPSA) is 27.8 Å². The first-order valence-electron chi connectivity index (χ1n) is 6.44. The van der Waals surface area contributed by atoms with Gasteiger partial charge in [0.2, 0.25) is 0 Å². The minimum Gasteiger partial charge on any atom is -0.361 e. The van der Waals surface area contributed by atoms with Crippen molar-refractivity contribution in [2.24, 2.45) is 0 Å². The van der Waals surface area contributed by atoms with Crippen LogP contribution in [0.2, 0.25) is 10.0 Å². The zero-order chi connectivity index (χ0) is 13.9. The maximum absolute atomic E-state index is 6.15. The molecule has 0 amide bonds. The lowest BCUT2D eigenvalue weighted by atomic mass is 10.1. The monoisotopic (exact) mass is 304 g/mol. The van der Waals surface area contributed by atoms with E-state index in [2.05, 4.69) is 22.4 Å². The van der Waals surface area contributed by atoms with E-state index in [-0.39, 0.29) is 0 Å². The molecule has 2 aromatic carbocycles. The largest absolute Gasteiger partial charge is 0.361 e. The van der Waals surface area contributed by atoms with Crippen LogP contribution in [0.1, 0.15) is 11.1 Å². The molecule has 1 heterocycles. The fraction of sp³-hybridized carbons (Fsp3) is 0.125. The maximum atomic E-state index is 6.15. The number of H-pyrrole nitrogens is 1. The van der Waals surface area contributed by atoms with Crippen molar-refractivity contribution in [1.29, 1.82) is 0 Å². The minimum absolute atomic E-state index is 0.651. The molecule has 3 rings (SSSR count). The standard InChI is InChI=1S/C16H14Cl2N2/c17-14-5-3-6-15(18)13(14)10-19-8-11-9-20-16-7-2-1-4-12(11)16/h1-7,9,19-20H,8,10H2. The highest BCUT2D eigenvalue weighted by molar-refractivity contribution is 6.35. The minimum atomic E-state index is 0.651. The normalized spacial score (nSPS) is 11.1. The maximum Gasteiger partial charge on any atom is 0.0465 e. The van der Waals surface area contributed by atoms with Crippen molar-refractivity contribution in [3.05, 3.63) is 69.8 Å². The fourth-order valence-corrected chi connectivity index (χ4v) is 2.83. The Morgan fingerprint density at radius 1 is 0.900 bits per heavy atom. The molecule has 0 saturated heterocycles. The van der Waals surface area contributed by atoms with Crippen LogP contribution in [0.5, 0.6) is 0 Å². The van der Waals surface area contributed by atoms with E-state index in [1.807, 2.05) is 36.5 Å². The van der Waals surface area contributed by atoms with Gasteiger partial charge in [0.15, 0.2) is 0 Å². The van der Waals surface area contributed by atoms with Crippen LogP contribution < -0.4 is 5.32 Å². The highest BCUT2D eigenvalue weighted by Gasteiger charge is 2.06. The van der Waals surface area contributed by atoms with Gasteiger partial charge >= 0.3 is 0 Å². The van der Waals surface area contributed by atoms with E-state index in [1.54, 1.807) is 0 Å². The van der Waals surface area contributed by atoms with Crippen molar-refractivity contribution in [1.82, 2.24) is 10.3 Å². The third-order valence-corrected chi connectivity index (χ3v) is 4.06. The predicted octanol–water partition coefficient (Wildman–Crippen LogP) is 4.76. The van der Waals surface area contributed by atoms with E-state index in [4.69, 9.17) is 23.2 Å². The highest BCUT2D eigenvalue weighted by Crippen LogP contribution is 2.24. The Morgan fingerprint density at radius 3 is 2.45 bits per heavy atom. The average Bonchev–Trinajstić information content (AvgIpc) is 2.86. The Morgan fingerprint density at radius 2 is 1.65 bits per heavy atom. The quantitative estimate of drug-likeness (QED) is 0.714. The Bertz CT molecular complexity index is 714. The Labute approximate surface area is 127 Å². The molecule has 0 aliphatic rings. The molecule has 20 heavy (non-hydrogen) atoms. The Hall–Kier alpha value is -1.48. The lowest BCUT2D eigenvalue weighted by molar-refractivity contribution is 0.697. The van der Waals surface area contributed by atoms with Gasteiger partial charge in [-0.05, 0) is 23.8 Å². The summed E-state index contributed by atoms with van der Waals surface area (Å²) >= 11 is 12.3. The highest BCUT2D eigenvalue weighted by atomic mass is 35.5. The molecule has 0 fully saturated rings. The van der Waals surface area contributed by atoms with Crippen molar-refractivity contribution in [3.63, 3.8) is 0 Å². The molecule has 3 aromatic rings.